The van der Waals surface area contributed by atoms with Crippen LogP contribution in [0.1, 0.15) is 21.5 Å². The molecule has 0 aromatic heterocycles. The van der Waals surface area contributed by atoms with E-state index < -0.39 is 11.8 Å². The molecular formula is C34H30ClFN6O3. The smallest absolute Gasteiger partial charge is 0.323 e. The highest BCUT2D eigenvalue weighted by Gasteiger charge is 2.25. The van der Waals surface area contributed by atoms with Gasteiger partial charge in [0.2, 0.25) is 0 Å². The van der Waals surface area contributed by atoms with Crippen LogP contribution in [0.5, 0.6) is 0 Å². The van der Waals surface area contributed by atoms with E-state index in [1.165, 1.54) is 23.9 Å². The Morgan fingerprint density at radius 3 is 2.38 bits per heavy atom. The van der Waals surface area contributed by atoms with Crippen molar-refractivity contribution in [2.24, 2.45) is 0 Å². The van der Waals surface area contributed by atoms with Gasteiger partial charge in [0.25, 0.3) is 5.91 Å². The Morgan fingerprint density at radius 2 is 1.62 bits per heavy atom. The van der Waals surface area contributed by atoms with Crippen LogP contribution < -0.4 is 26.2 Å². The van der Waals surface area contributed by atoms with Crippen molar-refractivity contribution in [3.05, 3.63) is 119 Å². The topological polar surface area (TPSA) is 106 Å². The SMILES string of the molecule is CN1CCN(c2ccc(NC=C3C(=O)Nc4cc(C(=O)c5cccc(NC(=O)Nc6ccc(Cl)cc6F)c5)ccc43)cc2)CC1. The minimum absolute atomic E-state index is 0.0351. The number of nitrogens with zero attached hydrogens (tertiary/aromatic N) is 2. The van der Waals surface area contributed by atoms with E-state index in [0.29, 0.717) is 33.6 Å². The van der Waals surface area contributed by atoms with Crippen molar-refractivity contribution < 1.29 is 18.8 Å². The number of nitrogens with one attached hydrogen (secondary N) is 4. The fourth-order valence-electron chi connectivity index (χ4n) is 5.25. The summed E-state index contributed by atoms with van der Waals surface area (Å²) < 4.78 is 14.0. The third-order valence-electron chi connectivity index (χ3n) is 7.75. The molecule has 6 rings (SSSR count). The molecule has 0 unspecified atom stereocenters. The maximum absolute atomic E-state index is 14.0. The molecule has 2 heterocycles. The quantitative estimate of drug-likeness (QED) is 0.138. The van der Waals surface area contributed by atoms with Gasteiger partial charge in [-0.3, -0.25) is 9.59 Å². The number of likely N-dealkylation sites (N-methyl/N-ethyl adjacent to an activating group) is 1. The van der Waals surface area contributed by atoms with Crippen LogP contribution in [0.2, 0.25) is 5.02 Å². The molecule has 9 nitrogen and oxygen atoms in total. The molecule has 228 valence electrons. The van der Waals surface area contributed by atoms with E-state index in [1.807, 2.05) is 12.1 Å². The van der Waals surface area contributed by atoms with Gasteiger partial charge < -0.3 is 31.1 Å². The van der Waals surface area contributed by atoms with E-state index in [9.17, 15) is 18.8 Å². The average Bonchev–Trinajstić information content (AvgIpc) is 3.35. The summed E-state index contributed by atoms with van der Waals surface area (Å²) in [6.07, 6.45) is 1.67. The van der Waals surface area contributed by atoms with E-state index in [2.05, 4.69) is 50.2 Å². The van der Waals surface area contributed by atoms with Crippen molar-refractivity contribution in [3.8, 4) is 0 Å². The number of carbonyl (C=O) groups excluding carboxylic acids is 3. The monoisotopic (exact) mass is 624 g/mol. The van der Waals surface area contributed by atoms with Crippen LogP contribution in [0, 0.1) is 5.82 Å². The van der Waals surface area contributed by atoms with Gasteiger partial charge in [0, 0.05) is 76.8 Å². The standard InChI is InChI=1S/C34H30ClFN6O3/c1-41-13-15-42(16-14-41)26-9-7-24(8-10-26)37-20-28-27-11-5-22(18-31(27)39-33(28)44)32(43)21-3-2-4-25(17-21)38-34(45)40-30-12-6-23(35)19-29(30)36/h2-12,17-20,37H,13-16H2,1H3,(H,39,44)(H2,38,40,45). The molecule has 0 spiro atoms. The molecule has 45 heavy (non-hydrogen) atoms. The van der Waals surface area contributed by atoms with E-state index in [-0.39, 0.29) is 22.4 Å². The Balaban J connectivity index is 1.11. The summed E-state index contributed by atoms with van der Waals surface area (Å²) >= 11 is 5.76. The number of hydrogen-bond acceptors (Lipinski definition) is 6. The molecule has 3 amide bonds. The third kappa shape index (κ3) is 6.82. The minimum atomic E-state index is -0.681. The van der Waals surface area contributed by atoms with Crippen molar-refractivity contribution in [2.45, 2.75) is 0 Å². The van der Waals surface area contributed by atoms with Gasteiger partial charge in [-0.25, -0.2) is 9.18 Å². The molecule has 2 aliphatic heterocycles. The molecule has 4 aromatic rings. The molecule has 0 radical (unpaired) electrons. The zero-order valence-electron chi connectivity index (χ0n) is 24.4. The third-order valence-corrected chi connectivity index (χ3v) is 7.98. The molecule has 0 atom stereocenters. The van der Waals surface area contributed by atoms with E-state index in [1.54, 1.807) is 42.6 Å². The maximum Gasteiger partial charge on any atom is 0.323 e. The number of hydrogen-bond donors (Lipinski definition) is 4. The van der Waals surface area contributed by atoms with E-state index >= 15 is 0 Å². The lowest BCUT2D eigenvalue weighted by Gasteiger charge is -2.34. The van der Waals surface area contributed by atoms with Crippen LogP contribution in [0.3, 0.4) is 0 Å². The molecule has 1 saturated heterocycles. The van der Waals surface area contributed by atoms with Gasteiger partial charge in [-0.15, -0.1) is 0 Å². The first-order chi connectivity index (χ1) is 21.7. The first-order valence-electron chi connectivity index (χ1n) is 14.4. The summed E-state index contributed by atoms with van der Waals surface area (Å²) in [6, 6.07) is 22.8. The maximum atomic E-state index is 14.0. The van der Waals surface area contributed by atoms with Crippen LogP contribution >= 0.6 is 11.6 Å². The largest absolute Gasteiger partial charge is 0.369 e. The molecule has 0 saturated carbocycles. The molecule has 0 bridgehead atoms. The van der Waals surface area contributed by atoms with Crippen molar-refractivity contribution in [2.75, 3.05) is 59.4 Å². The summed E-state index contributed by atoms with van der Waals surface area (Å²) in [5.74, 6) is -1.24. The number of urea groups is 1. The molecule has 1 fully saturated rings. The van der Waals surface area contributed by atoms with Crippen LogP contribution in [-0.2, 0) is 4.79 Å². The minimum Gasteiger partial charge on any atom is -0.369 e. The van der Waals surface area contributed by atoms with E-state index in [0.717, 1.165) is 37.9 Å². The predicted molar refractivity (Wildman–Crippen MR) is 177 cm³/mol. The summed E-state index contributed by atoms with van der Waals surface area (Å²) in [4.78, 5) is 43.3. The first kappa shape index (κ1) is 29.9. The number of ketones is 1. The zero-order valence-corrected chi connectivity index (χ0v) is 25.1. The molecule has 0 aliphatic carbocycles. The number of carbonyl (C=O) groups is 3. The Bertz CT molecular complexity index is 1820. The summed E-state index contributed by atoms with van der Waals surface area (Å²) in [6.45, 7) is 4.04. The molecule has 11 heteroatoms. The summed E-state index contributed by atoms with van der Waals surface area (Å²) in [5, 5.41) is 11.3. The second-order valence-electron chi connectivity index (χ2n) is 10.9. The van der Waals surface area contributed by atoms with E-state index in [4.69, 9.17) is 11.6 Å². The van der Waals surface area contributed by atoms with Crippen molar-refractivity contribution in [1.29, 1.82) is 0 Å². The highest BCUT2D eigenvalue weighted by atomic mass is 35.5. The van der Waals surface area contributed by atoms with Gasteiger partial charge in [-0.05, 0) is 67.7 Å². The van der Waals surface area contributed by atoms with Gasteiger partial charge in [-0.2, -0.15) is 0 Å². The summed E-state index contributed by atoms with van der Waals surface area (Å²) in [5.41, 5.74) is 4.69. The predicted octanol–water partition coefficient (Wildman–Crippen LogP) is 6.51. The molecular weight excluding hydrogens is 595 g/mol. The highest BCUT2D eigenvalue weighted by Crippen LogP contribution is 2.33. The molecule has 4 aromatic carbocycles. The van der Waals surface area contributed by atoms with Crippen LogP contribution in [0.15, 0.2) is 91.1 Å². The number of anilines is 5. The lowest BCUT2D eigenvalue weighted by Crippen LogP contribution is -2.44. The lowest BCUT2D eigenvalue weighted by molar-refractivity contribution is -0.110. The Labute approximate surface area is 264 Å². The van der Waals surface area contributed by atoms with Crippen molar-refractivity contribution in [3.63, 3.8) is 0 Å². The number of benzene rings is 4. The van der Waals surface area contributed by atoms with Crippen LogP contribution in [0.4, 0.5) is 37.6 Å². The number of rotatable bonds is 7. The number of amides is 3. The van der Waals surface area contributed by atoms with Gasteiger partial charge in [0.1, 0.15) is 5.82 Å². The Kier molecular flexibility index (Phi) is 8.50. The molecule has 4 N–H and O–H groups in total. The number of halogens is 2. The van der Waals surface area contributed by atoms with Gasteiger partial charge in [0.05, 0.1) is 11.3 Å². The second kappa shape index (κ2) is 12.8. The normalized spacial score (nSPS) is 15.4. The number of fused-ring (bicyclic) bond motifs is 1. The van der Waals surface area contributed by atoms with Crippen LogP contribution in [-0.4, -0.2) is 55.8 Å². The Morgan fingerprint density at radius 1 is 0.867 bits per heavy atom. The Hall–Kier alpha value is -5.19. The van der Waals surface area contributed by atoms with Crippen LogP contribution in [0.25, 0.3) is 5.57 Å². The highest BCUT2D eigenvalue weighted by molar-refractivity contribution is 6.32. The second-order valence-corrected chi connectivity index (χ2v) is 11.3. The fourth-order valence-corrected chi connectivity index (χ4v) is 5.41. The first-order valence-corrected chi connectivity index (χ1v) is 14.8. The number of piperazine rings is 1. The lowest BCUT2D eigenvalue weighted by atomic mass is 9.99. The average molecular weight is 625 g/mol. The van der Waals surface area contributed by atoms with Crippen molar-refractivity contribution in [1.82, 2.24) is 4.90 Å². The summed E-state index contributed by atoms with van der Waals surface area (Å²) in [7, 11) is 2.13. The molecule has 2 aliphatic rings. The zero-order chi connectivity index (χ0) is 31.5. The van der Waals surface area contributed by atoms with Gasteiger partial charge in [-0.1, -0.05) is 35.9 Å². The van der Waals surface area contributed by atoms with Gasteiger partial charge >= 0.3 is 6.03 Å². The van der Waals surface area contributed by atoms with Crippen molar-refractivity contribution >= 4 is 63.3 Å². The van der Waals surface area contributed by atoms with Gasteiger partial charge in [0.15, 0.2) is 5.78 Å². The fraction of sp³-hybridized carbons (Fsp3) is 0.147.